The lowest BCUT2D eigenvalue weighted by Crippen LogP contribution is -2.37. The lowest BCUT2D eigenvalue weighted by atomic mass is 10.1. The maximum atomic E-state index is 12.0. The average Bonchev–Trinajstić information content (AvgIpc) is 2.51. The summed E-state index contributed by atoms with van der Waals surface area (Å²) < 4.78 is 22.9. The van der Waals surface area contributed by atoms with Crippen molar-refractivity contribution in [2.24, 2.45) is 0 Å². The summed E-state index contributed by atoms with van der Waals surface area (Å²) in [6.45, 7) is 3.20. The third kappa shape index (κ3) is 4.57. The standard InChI is InChI=1S/C14H13N5O5S/c1-7-15-8(2)17-13(16-7)19-14(22)18-11(25(23)24)9-5-3-4-6-10(9)12(20)21/h3-6H,1-2H3,(H,20,21)(H2,15,16,17,18,19,22). The van der Waals surface area contributed by atoms with Crippen molar-refractivity contribution in [3.05, 3.63) is 47.0 Å². The molecule has 0 atom stereocenters. The number of hydrogen-bond acceptors (Lipinski definition) is 7. The predicted molar refractivity (Wildman–Crippen MR) is 87.9 cm³/mol. The number of carbonyl (C=O) groups excluding carboxylic acids is 1. The summed E-state index contributed by atoms with van der Waals surface area (Å²) in [5, 5.41) is 13.5. The van der Waals surface area contributed by atoms with Crippen LogP contribution in [-0.4, -0.2) is 45.5 Å². The molecule has 0 fully saturated rings. The molecule has 0 aliphatic heterocycles. The molecule has 0 spiro atoms. The minimum atomic E-state index is -2.89. The predicted octanol–water partition coefficient (Wildman–Crippen LogP) is 0.365. The van der Waals surface area contributed by atoms with Crippen LogP contribution in [0.3, 0.4) is 0 Å². The number of aromatic nitrogens is 3. The molecule has 0 radical (unpaired) electrons. The highest BCUT2D eigenvalue weighted by molar-refractivity contribution is 7.73. The minimum Gasteiger partial charge on any atom is -0.478 e. The first-order chi connectivity index (χ1) is 11.8. The molecule has 2 amide bonds. The van der Waals surface area contributed by atoms with Crippen molar-refractivity contribution in [2.75, 3.05) is 5.32 Å². The van der Waals surface area contributed by atoms with E-state index >= 15 is 0 Å². The fourth-order valence-electron chi connectivity index (χ4n) is 1.97. The van der Waals surface area contributed by atoms with Gasteiger partial charge in [0.1, 0.15) is 11.6 Å². The normalized spacial score (nSPS) is 10.0. The van der Waals surface area contributed by atoms with Crippen LogP contribution < -0.4 is 10.6 Å². The van der Waals surface area contributed by atoms with Crippen LogP contribution in [0.1, 0.15) is 27.6 Å². The van der Waals surface area contributed by atoms with E-state index in [1.54, 1.807) is 13.8 Å². The number of anilines is 1. The number of rotatable bonds is 3. The van der Waals surface area contributed by atoms with Crippen molar-refractivity contribution in [1.29, 1.82) is 0 Å². The Morgan fingerprint density at radius 3 is 2.08 bits per heavy atom. The van der Waals surface area contributed by atoms with Crippen molar-refractivity contribution < 1.29 is 23.1 Å². The molecule has 1 heterocycles. The monoisotopic (exact) mass is 363 g/mol. The molecule has 0 bridgehead atoms. The molecule has 1 aromatic carbocycles. The number of nitrogens with one attached hydrogen (secondary N) is 2. The molecule has 0 saturated heterocycles. The zero-order chi connectivity index (χ0) is 18.6. The summed E-state index contributed by atoms with van der Waals surface area (Å²) >= 11 is 0. The highest BCUT2D eigenvalue weighted by Crippen LogP contribution is 2.09. The minimum absolute atomic E-state index is 0.0648. The quantitative estimate of drug-likeness (QED) is 0.661. The summed E-state index contributed by atoms with van der Waals surface area (Å²) in [4.78, 5) is 34.4. The van der Waals surface area contributed by atoms with Crippen LogP contribution in [0.2, 0.25) is 0 Å². The molecule has 0 saturated carbocycles. The number of benzene rings is 1. The zero-order valence-electron chi connectivity index (χ0n) is 13.1. The van der Waals surface area contributed by atoms with Crippen LogP contribution in [0.15, 0.2) is 24.3 Å². The Kier molecular flexibility index (Phi) is 5.39. The Morgan fingerprint density at radius 2 is 1.56 bits per heavy atom. The number of carboxylic acid groups (broad SMARTS) is 1. The third-order valence-electron chi connectivity index (χ3n) is 2.88. The van der Waals surface area contributed by atoms with Gasteiger partial charge in [-0.15, -0.1) is 0 Å². The zero-order valence-corrected chi connectivity index (χ0v) is 14.0. The van der Waals surface area contributed by atoms with E-state index in [1.807, 2.05) is 0 Å². The molecule has 10 nitrogen and oxygen atoms in total. The number of aryl methyl sites for hydroxylation is 2. The van der Waals surface area contributed by atoms with E-state index in [9.17, 15) is 18.0 Å². The molecule has 0 aliphatic carbocycles. The van der Waals surface area contributed by atoms with Gasteiger partial charge in [0, 0.05) is 5.56 Å². The SMILES string of the molecule is Cc1nc(C)nc(NC(=O)NC(c2ccccc2C(=O)O)=S(=O)=O)n1. The van der Waals surface area contributed by atoms with E-state index in [1.165, 1.54) is 24.3 Å². The van der Waals surface area contributed by atoms with Gasteiger partial charge in [0.15, 0.2) is 4.99 Å². The van der Waals surface area contributed by atoms with Crippen LogP contribution in [0.5, 0.6) is 0 Å². The van der Waals surface area contributed by atoms with Crippen LogP contribution in [-0.2, 0) is 10.3 Å². The lowest BCUT2D eigenvalue weighted by Gasteiger charge is -2.09. The first-order valence-corrected chi connectivity index (χ1v) is 7.91. The third-order valence-corrected chi connectivity index (χ3v) is 3.54. The molecule has 130 valence electrons. The second-order valence-electron chi connectivity index (χ2n) is 4.75. The van der Waals surface area contributed by atoms with E-state index in [4.69, 9.17) is 5.11 Å². The molecule has 2 aromatic rings. The maximum Gasteiger partial charge on any atom is 0.336 e. The number of nitrogens with zero attached hydrogens (tertiary/aromatic N) is 3. The van der Waals surface area contributed by atoms with Gasteiger partial charge >= 0.3 is 12.0 Å². The summed E-state index contributed by atoms with van der Waals surface area (Å²) in [6, 6.07) is 4.45. The highest BCUT2D eigenvalue weighted by Gasteiger charge is 2.18. The molecule has 2 rings (SSSR count). The molecule has 25 heavy (non-hydrogen) atoms. The summed E-state index contributed by atoms with van der Waals surface area (Å²) in [5.74, 6) is -0.652. The van der Waals surface area contributed by atoms with E-state index in [0.29, 0.717) is 11.6 Å². The Balaban J connectivity index is 2.31. The topological polar surface area (TPSA) is 151 Å². The first-order valence-electron chi connectivity index (χ1n) is 6.84. The fraction of sp³-hybridized carbons (Fsp3) is 0.143. The summed E-state index contributed by atoms with van der Waals surface area (Å²) in [5.41, 5.74) is -0.421. The van der Waals surface area contributed by atoms with Gasteiger partial charge in [0.2, 0.25) is 16.2 Å². The second-order valence-corrected chi connectivity index (χ2v) is 5.62. The fourth-order valence-corrected chi connectivity index (χ4v) is 2.51. The van der Waals surface area contributed by atoms with Gasteiger partial charge in [0.05, 0.1) is 5.56 Å². The van der Waals surface area contributed by atoms with Gasteiger partial charge in [-0.25, -0.2) is 14.6 Å². The summed E-state index contributed by atoms with van der Waals surface area (Å²) in [6.07, 6.45) is 0. The Bertz CT molecular complexity index is 959. The van der Waals surface area contributed by atoms with Gasteiger partial charge in [-0.1, -0.05) is 18.2 Å². The van der Waals surface area contributed by atoms with Gasteiger partial charge < -0.3 is 5.11 Å². The van der Waals surface area contributed by atoms with Crippen molar-refractivity contribution in [2.45, 2.75) is 13.8 Å². The number of urea groups is 1. The molecule has 0 unspecified atom stereocenters. The average molecular weight is 363 g/mol. The summed E-state index contributed by atoms with van der Waals surface area (Å²) in [7, 11) is -2.89. The van der Waals surface area contributed by atoms with Gasteiger partial charge in [-0.3, -0.25) is 10.6 Å². The van der Waals surface area contributed by atoms with Crippen molar-refractivity contribution in [1.82, 2.24) is 20.3 Å². The molecular weight excluding hydrogens is 350 g/mol. The van der Waals surface area contributed by atoms with Crippen molar-refractivity contribution >= 4 is 33.2 Å². The van der Waals surface area contributed by atoms with E-state index < -0.39 is 27.3 Å². The van der Waals surface area contributed by atoms with E-state index in [2.05, 4.69) is 25.6 Å². The van der Waals surface area contributed by atoms with Gasteiger partial charge in [-0.2, -0.15) is 18.4 Å². The Labute approximate surface area is 143 Å². The largest absolute Gasteiger partial charge is 0.478 e. The maximum absolute atomic E-state index is 12.0. The second kappa shape index (κ2) is 7.49. The van der Waals surface area contributed by atoms with Gasteiger partial charge in [0.25, 0.3) is 0 Å². The van der Waals surface area contributed by atoms with Crippen LogP contribution in [0.4, 0.5) is 10.7 Å². The molecular formula is C14H13N5O5S. The first kappa shape index (κ1) is 18.0. The van der Waals surface area contributed by atoms with Gasteiger partial charge in [-0.05, 0) is 19.9 Å². The smallest absolute Gasteiger partial charge is 0.336 e. The number of carboxylic acids is 1. The van der Waals surface area contributed by atoms with Crippen molar-refractivity contribution in [3.63, 3.8) is 0 Å². The number of hydrogen-bond donors (Lipinski definition) is 3. The van der Waals surface area contributed by atoms with E-state index in [0.717, 1.165) is 0 Å². The lowest BCUT2D eigenvalue weighted by molar-refractivity contribution is 0.0696. The number of aromatic carboxylic acids is 1. The van der Waals surface area contributed by atoms with Crippen LogP contribution in [0, 0.1) is 13.8 Å². The number of amides is 2. The Hall–Kier alpha value is -3.34. The van der Waals surface area contributed by atoms with E-state index in [-0.39, 0.29) is 17.1 Å². The molecule has 3 N–H and O–H groups in total. The van der Waals surface area contributed by atoms with Crippen LogP contribution in [0.25, 0.3) is 0 Å². The molecule has 11 heteroatoms. The molecule has 1 aromatic heterocycles. The Morgan fingerprint density at radius 1 is 1.00 bits per heavy atom. The number of carbonyl (C=O) groups is 2. The molecule has 0 aliphatic rings. The van der Waals surface area contributed by atoms with Crippen molar-refractivity contribution in [3.8, 4) is 0 Å². The van der Waals surface area contributed by atoms with Crippen LogP contribution >= 0.6 is 0 Å². The highest BCUT2D eigenvalue weighted by atomic mass is 32.2.